The molecule has 1 heterocycles. The molecule has 0 saturated carbocycles. The third kappa shape index (κ3) is 5.00. The summed E-state index contributed by atoms with van der Waals surface area (Å²) >= 11 is 0. The molecule has 1 amide bonds. The molecule has 0 aliphatic heterocycles. The summed E-state index contributed by atoms with van der Waals surface area (Å²) in [5.41, 5.74) is 3.54. The van der Waals surface area contributed by atoms with E-state index < -0.39 is 12.1 Å². The minimum atomic E-state index is -0.661. The number of tetrazole rings is 1. The molecule has 0 aliphatic rings. The van der Waals surface area contributed by atoms with Crippen LogP contribution in [0.3, 0.4) is 0 Å². The van der Waals surface area contributed by atoms with Gasteiger partial charge in [-0.15, -0.1) is 5.10 Å². The Hall–Kier alpha value is -3.30. The molecule has 9 heteroatoms. The largest absolute Gasteiger partial charge is 0.412 e. The predicted molar refractivity (Wildman–Crippen MR) is 110 cm³/mol. The fraction of sp³-hybridized carbons (Fsp3) is 0.333. The molecule has 0 radical (unpaired) electrons. The number of aromatic nitrogens is 4. The normalized spacial score (nSPS) is 13.0. The van der Waals surface area contributed by atoms with E-state index in [1.54, 1.807) is 30.8 Å². The van der Waals surface area contributed by atoms with Crippen molar-refractivity contribution in [2.45, 2.75) is 32.9 Å². The monoisotopic (exact) mass is 411 g/mol. The van der Waals surface area contributed by atoms with E-state index in [1.807, 2.05) is 44.2 Å². The molecule has 2 aromatic carbocycles. The minimum Gasteiger partial charge on any atom is -0.410 e. The second-order valence-corrected chi connectivity index (χ2v) is 7.03. The number of aryl methyl sites for hydroxylation is 1. The van der Waals surface area contributed by atoms with E-state index in [0.717, 1.165) is 16.7 Å². The van der Waals surface area contributed by atoms with E-state index in [4.69, 9.17) is 14.6 Å². The van der Waals surface area contributed by atoms with Crippen molar-refractivity contribution in [2.75, 3.05) is 13.7 Å². The molecule has 3 rings (SSSR count). The van der Waals surface area contributed by atoms with Crippen LogP contribution >= 0.6 is 0 Å². The maximum absolute atomic E-state index is 12.2. The number of benzene rings is 2. The molecule has 2 N–H and O–H groups in total. The van der Waals surface area contributed by atoms with Crippen molar-refractivity contribution in [3.63, 3.8) is 0 Å². The zero-order chi connectivity index (χ0) is 21.7. The van der Waals surface area contributed by atoms with Gasteiger partial charge >= 0.3 is 6.09 Å². The molecule has 0 saturated heterocycles. The van der Waals surface area contributed by atoms with E-state index in [9.17, 15) is 4.79 Å². The van der Waals surface area contributed by atoms with Crippen molar-refractivity contribution < 1.29 is 19.4 Å². The fourth-order valence-corrected chi connectivity index (χ4v) is 2.80. The lowest BCUT2D eigenvalue weighted by atomic mass is 10.0. The van der Waals surface area contributed by atoms with Gasteiger partial charge in [-0.3, -0.25) is 0 Å². The summed E-state index contributed by atoms with van der Waals surface area (Å²) in [4.78, 5) is 12.2. The number of carbonyl (C=O) groups is 1. The highest BCUT2D eigenvalue weighted by Gasteiger charge is 2.18. The highest BCUT2D eigenvalue weighted by Crippen LogP contribution is 2.29. The number of ether oxygens (including phenoxy) is 2. The van der Waals surface area contributed by atoms with Gasteiger partial charge in [0.15, 0.2) is 5.82 Å². The maximum atomic E-state index is 12.2. The van der Waals surface area contributed by atoms with E-state index in [0.29, 0.717) is 17.3 Å². The Morgan fingerprint density at radius 3 is 2.57 bits per heavy atom. The van der Waals surface area contributed by atoms with Crippen LogP contribution in [-0.4, -0.2) is 51.2 Å². The summed E-state index contributed by atoms with van der Waals surface area (Å²) < 4.78 is 12.4. The zero-order valence-corrected chi connectivity index (χ0v) is 17.4. The highest BCUT2D eigenvalue weighted by atomic mass is 16.6. The average molecular weight is 411 g/mol. The summed E-state index contributed by atoms with van der Waals surface area (Å²) in [5, 5.41) is 23.6. The van der Waals surface area contributed by atoms with Gasteiger partial charge in [0, 0.05) is 13.2 Å². The summed E-state index contributed by atoms with van der Waals surface area (Å²) in [5.74, 6) is 0.833. The van der Waals surface area contributed by atoms with Gasteiger partial charge in [-0.05, 0) is 54.5 Å². The number of aliphatic hydroxyl groups is 1. The van der Waals surface area contributed by atoms with Crippen molar-refractivity contribution in [3.8, 4) is 22.6 Å². The van der Waals surface area contributed by atoms with Gasteiger partial charge in [-0.1, -0.05) is 29.8 Å². The van der Waals surface area contributed by atoms with Gasteiger partial charge in [0.25, 0.3) is 0 Å². The Morgan fingerprint density at radius 2 is 1.90 bits per heavy atom. The van der Waals surface area contributed by atoms with Gasteiger partial charge in [0.05, 0.1) is 18.3 Å². The first kappa shape index (κ1) is 21.4. The Labute approximate surface area is 174 Å². The molecular weight excluding hydrogens is 386 g/mol. The number of rotatable bonds is 7. The van der Waals surface area contributed by atoms with Crippen molar-refractivity contribution in [1.82, 2.24) is 25.5 Å². The fourth-order valence-electron chi connectivity index (χ4n) is 2.80. The second kappa shape index (κ2) is 9.47. The Kier molecular flexibility index (Phi) is 6.76. The van der Waals surface area contributed by atoms with Crippen molar-refractivity contribution in [3.05, 3.63) is 53.9 Å². The van der Waals surface area contributed by atoms with Crippen LogP contribution in [0.4, 0.5) is 4.79 Å². The van der Waals surface area contributed by atoms with Crippen LogP contribution in [0.1, 0.15) is 31.3 Å². The number of amides is 1. The number of hydrogen-bond acceptors (Lipinski definition) is 7. The first-order valence-corrected chi connectivity index (χ1v) is 9.54. The molecule has 0 bridgehead atoms. The topological polar surface area (TPSA) is 111 Å². The van der Waals surface area contributed by atoms with E-state index in [-0.39, 0.29) is 12.7 Å². The molecule has 1 aromatic heterocycles. The van der Waals surface area contributed by atoms with Crippen molar-refractivity contribution in [1.29, 1.82) is 0 Å². The Bertz CT molecular complexity index is 1000. The lowest BCUT2D eigenvalue weighted by Crippen LogP contribution is -2.37. The van der Waals surface area contributed by atoms with Crippen LogP contribution in [0.2, 0.25) is 0 Å². The second-order valence-electron chi connectivity index (χ2n) is 7.03. The number of methoxy groups -OCH3 is 1. The first-order valence-electron chi connectivity index (χ1n) is 9.54. The molecule has 2 atom stereocenters. The zero-order valence-electron chi connectivity index (χ0n) is 17.4. The number of carbonyl (C=O) groups excluding carboxylic acids is 1. The van der Waals surface area contributed by atoms with E-state index in [1.165, 1.54) is 0 Å². The Morgan fingerprint density at radius 1 is 1.17 bits per heavy atom. The van der Waals surface area contributed by atoms with Gasteiger partial charge in [0.1, 0.15) is 11.9 Å². The van der Waals surface area contributed by atoms with Crippen LogP contribution in [0.5, 0.6) is 5.75 Å². The molecule has 0 fully saturated rings. The number of nitrogens with zero attached hydrogens (tertiary/aromatic N) is 4. The van der Waals surface area contributed by atoms with Gasteiger partial charge < -0.3 is 19.9 Å². The minimum absolute atomic E-state index is 0.188. The number of hydrogen-bond donors (Lipinski definition) is 2. The predicted octanol–water partition coefficient (Wildman–Crippen LogP) is 2.81. The standard InChI is InChI=1S/C21H25N5O4/c1-13-5-7-16(8-6-13)17-9-18(26-20(15(3)29-4)23-24-25-26)11-19(10-17)30-21(28)22-14(2)12-27/h5-11,14-15,27H,12H2,1-4H3,(H,22,28)/t14-,15?/m0/s1. The molecule has 9 nitrogen and oxygen atoms in total. The lowest BCUT2D eigenvalue weighted by Gasteiger charge is -2.15. The maximum Gasteiger partial charge on any atom is 0.412 e. The van der Waals surface area contributed by atoms with Crippen LogP contribution in [0.15, 0.2) is 42.5 Å². The van der Waals surface area contributed by atoms with Crippen LogP contribution < -0.4 is 10.1 Å². The van der Waals surface area contributed by atoms with Crippen LogP contribution in [0, 0.1) is 6.92 Å². The molecule has 158 valence electrons. The van der Waals surface area contributed by atoms with Crippen molar-refractivity contribution >= 4 is 6.09 Å². The summed E-state index contributed by atoms with van der Waals surface area (Å²) in [6.07, 6.45) is -0.994. The number of aliphatic hydroxyl groups excluding tert-OH is 1. The van der Waals surface area contributed by atoms with Crippen LogP contribution in [0.25, 0.3) is 16.8 Å². The first-order chi connectivity index (χ1) is 14.4. The van der Waals surface area contributed by atoms with Crippen molar-refractivity contribution in [2.24, 2.45) is 0 Å². The summed E-state index contributed by atoms with van der Waals surface area (Å²) in [7, 11) is 1.58. The molecular formula is C21H25N5O4. The number of nitrogens with one attached hydrogen (secondary N) is 1. The summed E-state index contributed by atoms with van der Waals surface area (Å²) in [6, 6.07) is 12.9. The lowest BCUT2D eigenvalue weighted by molar-refractivity contribution is 0.110. The molecule has 1 unspecified atom stereocenters. The smallest absolute Gasteiger partial charge is 0.410 e. The molecule has 30 heavy (non-hydrogen) atoms. The van der Waals surface area contributed by atoms with Crippen LogP contribution in [-0.2, 0) is 4.74 Å². The van der Waals surface area contributed by atoms with Gasteiger partial charge in [0.2, 0.25) is 0 Å². The SMILES string of the molecule is COC(C)c1nnnn1-c1cc(OC(=O)N[C@@H](C)CO)cc(-c2ccc(C)cc2)c1. The third-order valence-electron chi connectivity index (χ3n) is 4.58. The van der Waals surface area contributed by atoms with E-state index in [2.05, 4.69) is 20.8 Å². The molecule has 0 aliphatic carbocycles. The summed E-state index contributed by atoms with van der Waals surface area (Å²) in [6.45, 7) is 5.34. The van der Waals surface area contributed by atoms with Gasteiger partial charge in [-0.25, -0.2) is 4.79 Å². The van der Waals surface area contributed by atoms with E-state index >= 15 is 0 Å². The third-order valence-corrected chi connectivity index (χ3v) is 4.58. The van der Waals surface area contributed by atoms with Gasteiger partial charge in [-0.2, -0.15) is 4.68 Å². The molecule has 0 spiro atoms. The molecule has 3 aromatic rings. The Balaban J connectivity index is 2.04. The highest BCUT2D eigenvalue weighted by molar-refractivity contribution is 5.74. The average Bonchev–Trinajstić information content (AvgIpc) is 3.23. The quantitative estimate of drug-likeness (QED) is 0.615.